The maximum absolute atomic E-state index is 13.2. The zero-order valence-corrected chi connectivity index (χ0v) is 17.1. The summed E-state index contributed by atoms with van der Waals surface area (Å²) < 4.78 is 27.0. The molecular formula is C21H24N2O4S. The average Bonchev–Trinajstić information content (AvgIpc) is 3.05. The molecule has 148 valence electrons. The van der Waals surface area contributed by atoms with Gasteiger partial charge in [-0.05, 0) is 57.0 Å². The lowest BCUT2D eigenvalue weighted by Gasteiger charge is -2.29. The van der Waals surface area contributed by atoms with Gasteiger partial charge in [-0.15, -0.1) is 0 Å². The normalized spacial score (nSPS) is 17.0. The Kier molecular flexibility index (Phi) is 5.56. The first-order chi connectivity index (χ1) is 13.3. The highest BCUT2D eigenvalue weighted by Crippen LogP contribution is 2.30. The fourth-order valence-corrected chi connectivity index (χ4v) is 5.05. The van der Waals surface area contributed by atoms with Crippen LogP contribution in [0.5, 0.6) is 0 Å². The molecule has 0 N–H and O–H groups in total. The van der Waals surface area contributed by atoms with Gasteiger partial charge in [-0.2, -0.15) is 0 Å². The number of aryl methyl sites for hydroxylation is 2. The van der Waals surface area contributed by atoms with Gasteiger partial charge in [-0.3, -0.25) is 9.59 Å². The van der Waals surface area contributed by atoms with E-state index in [0.717, 1.165) is 15.4 Å². The highest BCUT2D eigenvalue weighted by Gasteiger charge is 2.45. The molecule has 1 aliphatic heterocycles. The summed E-state index contributed by atoms with van der Waals surface area (Å²) in [6, 6.07) is 12.7. The van der Waals surface area contributed by atoms with Gasteiger partial charge in [0.05, 0.1) is 4.90 Å². The van der Waals surface area contributed by atoms with E-state index in [9.17, 15) is 18.0 Å². The van der Waals surface area contributed by atoms with Crippen LogP contribution in [0.4, 0.5) is 5.69 Å². The lowest BCUT2D eigenvalue weighted by molar-refractivity contribution is -0.129. The fraction of sp³-hybridized carbons (Fsp3) is 0.333. The molecule has 0 bridgehead atoms. The summed E-state index contributed by atoms with van der Waals surface area (Å²) in [4.78, 5) is 27.3. The van der Waals surface area contributed by atoms with Gasteiger partial charge in [0.1, 0.15) is 6.04 Å². The molecule has 7 heteroatoms. The predicted octanol–water partition coefficient (Wildman–Crippen LogP) is 3.04. The van der Waals surface area contributed by atoms with Crippen molar-refractivity contribution in [3.05, 3.63) is 59.7 Å². The molecule has 0 aliphatic carbocycles. The molecule has 2 aromatic rings. The van der Waals surface area contributed by atoms with Crippen LogP contribution in [0.25, 0.3) is 0 Å². The Balaban J connectivity index is 1.97. The summed E-state index contributed by atoms with van der Waals surface area (Å²) in [6.07, 6.45) is 0.220. The summed E-state index contributed by atoms with van der Waals surface area (Å²) in [5.74, 6) is -0.922. The van der Waals surface area contributed by atoms with Crippen molar-refractivity contribution in [2.45, 2.75) is 44.6 Å². The number of amides is 2. The summed E-state index contributed by atoms with van der Waals surface area (Å²) in [5.41, 5.74) is 2.60. The second kappa shape index (κ2) is 7.75. The molecule has 1 saturated heterocycles. The van der Waals surface area contributed by atoms with Gasteiger partial charge in [0, 0.05) is 18.7 Å². The van der Waals surface area contributed by atoms with Gasteiger partial charge < -0.3 is 4.90 Å². The van der Waals surface area contributed by atoms with E-state index in [0.29, 0.717) is 12.2 Å². The standard InChI is InChI=1S/C21H24N2O4S/c1-4-22(17-7-5-6-16(3)14-17)21(25)19-12-13-20(24)23(19)28(26,27)18-10-8-15(2)9-11-18/h5-11,14,19H,4,12-13H2,1-3H3. The van der Waals surface area contributed by atoms with Gasteiger partial charge >= 0.3 is 0 Å². The van der Waals surface area contributed by atoms with Crippen LogP contribution in [0.1, 0.15) is 30.9 Å². The monoisotopic (exact) mass is 400 g/mol. The maximum Gasteiger partial charge on any atom is 0.267 e. The van der Waals surface area contributed by atoms with Crippen LogP contribution in [0.15, 0.2) is 53.4 Å². The zero-order valence-electron chi connectivity index (χ0n) is 16.3. The molecule has 0 spiro atoms. The van der Waals surface area contributed by atoms with Crippen molar-refractivity contribution in [3.8, 4) is 0 Å². The first-order valence-electron chi connectivity index (χ1n) is 9.27. The lowest BCUT2D eigenvalue weighted by atomic mass is 10.1. The average molecular weight is 401 g/mol. The quantitative estimate of drug-likeness (QED) is 0.773. The molecule has 2 aromatic carbocycles. The zero-order chi connectivity index (χ0) is 20.5. The number of hydrogen-bond acceptors (Lipinski definition) is 4. The van der Waals surface area contributed by atoms with Crippen LogP contribution < -0.4 is 4.90 Å². The third kappa shape index (κ3) is 3.67. The Morgan fingerprint density at radius 1 is 1.11 bits per heavy atom. The second-order valence-corrected chi connectivity index (χ2v) is 8.80. The molecule has 1 aliphatic rings. The van der Waals surface area contributed by atoms with Crippen LogP contribution in [-0.4, -0.2) is 37.1 Å². The third-order valence-corrected chi connectivity index (χ3v) is 6.76. The van der Waals surface area contributed by atoms with E-state index >= 15 is 0 Å². The Labute approximate surface area is 165 Å². The number of carbonyl (C=O) groups excluding carboxylic acids is 2. The van der Waals surface area contributed by atoms with Crippen LogP contribution in [0.3, 0.4) is 0 Å². The van der Waals surface area contributed by atoms with Gasteiger partial charge in [0.2, 0.25) is 5.91 Å². The van der Waals surface area contributed by atoms with Crippen LogP contribution >= 0.6 is 0 Å². The molecular weight excluding hydrogens is 376 g/mol. The van der Waals surface area contributed by atoms with Crippen LogP contribution in [0.2, 0.25) is 0 Å². The first-order valence-corrected chi connectivity index (χ1v) is 10.7. The number of carbonyl (C=O) groups is 2. The summed E-state index contributed by atoms with van der Waals surface area (Å²) in [6.45, 7) is 5.99. The highest BCUT2D eigenvalue weighted by molar-refractivity contribution is 7.89. The molecule has 1 atom stereocenters. The Bertz CT molecular complexity index is 999. The molecule has 6 nitrogen and oxygen atoms in total. The fourth-order valence-electron chi connectivity index (χ4n) is 3.45. The van der Waals surface area contributed by atoms with Gasteiger partial charge in [-0.25, -0.2) is 12.7 Å². The van der Waals surface area contributed by atoms with E-state index in [1.807, 2.05) is 45.0 Å². The maximum atomic E-state index is 13.2. The van der Waals surface area contributed by atoms with Crippen molar-refractivity contribution < 1.29 is 18.0 Å². The summed E-state index contributed by atoms with van der Waals surface area (Å²) in [5, 5.41) is 0. The van der Waals surface area contributed by atoms with Crippen LogP contribution in [0, 0.1) is 13.8 Å². The molecule has 2 amide bonds. The lowest BCUT2D eigenvalue weighted by Crippen LogP contribution is -2.49. The molecule has 0 radical (unpaired) electrons. The third-order valence-electron chi connectivity index (χ3n) is 4.92. The molecule has 1 heterocycles. The predicted molar refractivity (Wildman–Crippen MR) is 107 cm³/mol. The van der Waals surface area contributed by atoms with E-state index in [-0.39, 0.29) is 23.6 Å². The Hall–Kier alpha value is -2.67. The minimum Gasteiger partial charge on any atom is -0.311 e. The number of hydrogen-bond donors (Lipinski definition) is 0. The van der Waals surface area contributed by atoms with E-state index < -0.39 is 22.0 Å². The number of anilines is 1. The van der Waals surface area contributed by atoms with Crippen molar-refractivity contribution >= 4 is 27.5 Å². The van der Waals surface area contributed by atoms with E-state index in [2.05, 4.69) is 0 Å². The summed E-state index contributed by atoms with van der Waals surface area (Å²) in [7, 11) is -4.09. The molecule has 28 heavy (non-hydrogen) atoms. The SMILES string of the molecule is CCN(C(=O)C1CCC(=O)N1S(=O)(=O)c1ccc(C)cc1)c1cccc(C)c1. The van der Waals surface area contributed by atoms with Gasteiger partial charge in [0.15, 0.2) is 0 Å². The van der Waals surface area contributed by atoms with Gasteiger partial charge in [-0.1, -0.05) is 29.8 Å². The van der Waals surface area contributed by atoms with Crippen molar-refractivity contribution in [1.82, 2.24) is 4.31 Å². The van der Waals surface area contributed by atoms with Crippen LogP contribution in [-0.2, 0) is 19.6 Å². The highest BCUT2D eigenvalue weighted by atomic mass is 32.2. The van der Waals surface area contributed by atoms with Crippen molar-refractivity contribution in [1.29, 1.82) is 0 Å². The van der Waals surface area contributed by atoms with E-state index in [1.165, 1.54) is 17.0 Å². The Morgan fingerprint density at radius 3 is 2.39 bits per heavy atom. The smallest absolute Gasteiger partial charge is 0.267 e. The number of rotatable bonds is 5. The largest absolute Gasteiger partial charge is 0.311 e. The molecule has 1 unspecified atom stereocenters. The minimum atomic E-state index is -4.09. The second-order valence-electron chi connectivity index (χ2n) is 6.98. The van der Waals surface area contributed by atoms with Crippen molar-refractivity contribution in [3.63, 3.8) is 0 Å². The number of nitrogens with zero attached hydrogens (tertiary/aromatic N) is 2. The topological polar surface area (TPSA) is 74.8 Å². The minimum absolute atomic E-state index is 0.0183. The van der Waals surface area contributed by atoms with Crippen molar-refractivity contribution in [2.24, 2.45) is 0 Å². The Morgan fingerprint density at radius 2 is 1.79 bits per heavy atom. The van der Waals surface area contributed by atoms with E-state index in [1.54, 1.807) is 12.1 Å². The summed E-state index contributed by atoms with van der Waals surface area (Å²) >= 11 is 0. The molecule has 0 aromatic heterocycles. The number of benzene rings is 2. The number of likely N-dealkylation sites (N-methyl/N-ethyl adjacent to an activating group) is 1. The van der Waals surface area contributed by atoms with E-state index in [4.69, 9.17) is 0 Å². The molecule has 0 saturated carbocycles. The molecule has 3 rings (SSSR count). The first kappa shape index (κ1) is 20.1. The van der Waals surface area contributed by atoms with Crippen molar-refractivity contribution in [2.75, 3.05) is 11.4 Å². The molecule has 1 fully saturated rings. The van der Waals surface area contributed by atoms with Gasteiger partial charge in [0.25, 0.3) is 15.9 Å². The number of sulfonamides is 1.